The first-order valence-electron chi connectivity index (χ1n) is 10.7. The van der Waals surface area contributed by atoms with Gasteiger partial charge in [-0.3, -0.25) is 0 Å². The van der Waals surface area contributed by atoms with Crippen LogP contribution in [0.3, 0.4) is 0 Å². The SMILES string of the molecule is CCCCc1c(-c2ccccc2)nc(N)nc1-c1ccccc1OCc1ccccc1. The van der Waals surface area contributed by atoms with Crippen molar-refractivity contribution in [2.24, 2.45) is 0 Å². The van der Waals surface area contributed by atoms with Crippen LogP contribution in [0.4, 0.5) is 5.95 Å². The molecular weight excluding hydrogens is 382 g/mol. The van der Waals surface area contributed by atoms with Crippen LogP contribution in [0.1, 0.15) is 30.9 Å². The molecular formula is C27H27N3O. The lowest BCUT2D eigenvalue weighted by Crippen LogP contribution is -2.06. The zero-order chi connectivity index (χ0) is 21.5. The van der Waals surface area contributed by atoms with E-state index in [1.165, 1.54) is 0 Å². The fourth-order valence-electron chi connectivity index (χ4n) is 3.67. The highest BCUT2D eigenvalue weighted by Gasteiger charge is 2.19. The summed E-state index contributed by atoms with van der Waals surface area (Å²) in [5.41, 5.74) is 12.2. The third kappa shape index (κ3) is 4.92. The van der Waals surface area contributed by atoms with Crippen LogP contribution in [0.25, 0.3) is 22.5 Å². The highest BCUT2D eigenvalue weighted by Crippen LogP contribution is 2.36. The first-order chi connectivity index (χ1) is 15.3. The van der Waals surface area contributed by atoms with Gasteiger partial charge in [0.25, 0.3) is 0 Å². The van der Waals surface area contributed by atoms with Crippen LogP contribution < -0.4 is 10.5 Å². The number of nitrogens with zero attached hydrogens (tertiary/aromatic N) is 2. The zero-order valence-corrected chi connectivity index (χ0v) is 17.8. The lowest BCUT2D eigenvalue weighted by molar-refractivity contribution is 0.307. The Balaban J connectivity index is 1.79. The van der Waals surface area contributed by atoms with E-state index in [1.807, 2.05) is 60.7 Å². The minimum Gasteiger partial charge on any atom is -0.488 e. The van der Waals surface area contributed by atoms with Gasteiger partial charge in [-0.2, -0.15) is 0 Å². The molecule has 0 aliphatic rings. The Bertz CT molecular complexity index is 1130. The number of hydrogen-bond acceptors (Lipinski definition) is 4. The molecule has 0 radical (unpaired) electrons. The molecule has 2 N–H and O–H groups in total. The average molecular weight is 410 g/mol. The summed E-state index contributed by atoms with van der Waals surface area (Å²) in [5, 5.41) is 0. The molecule has 3 aromatic carbocycles. The number of anilines is 1. The van der Waals surface area contributed by atoms with Crippen molar-refractivity contribution in [1.82, 2.24) is 9.97 Å². The largest absolute Gasteiger partial charge is 0.488 e. The summed E-state index contributed by atoms with van der Waals surface area (Å²) in [6.07, 6.45) is 3.01. The van der Waals surface area contributed by atoms with Gasteiger partial charge in [-0.1, -0.05) is 86.1 Å². The Morgan fingerprint density at radius 3 is 2.16 bits per heavy atom. The lowest BCUT2D eigenvalue weighted by Gasteiger charge is -2.17. The maximum Gasteiger partial charge on any atom is 0.221 e. The molecule has 0 saturated heterocycles. The van der Waals surface area contributed by atoms with Crippen molar-refractivity contribution >= 4 is 5.95 Å². The zero-order valence-electron chi connectivity index (χ0n) is 17.8. The van der Waals surface area contributed by atoms with Gasteiger partial charge in [-0.15, -0.1) is 0 Å². The molecule has 0 unspecified atom stereocenters. The van der Waals surface area contributed by atoms with Gasteiger partial charge in [0, 0.05) is 16.7 Å². The number of aromatic nitrogens is 2. The molecule has 156 valence electrons. The third-order valence-electron chi connectivity index (χ3n) is 5.23. The van der Waals surface area contributed by atoms with Crippen LogP contribution in [0.5, 0.6) is 5.75 Å². The van der Waals surface area contributed by atoms with Gasteiger partial charge in [-0.05, 0) is 30.5 Å². The van der Waals surface area contributed by atoms with E-state index >= 15 is 0 Å². The Morgan fingerprint density at radius 2 is 1.42 bits per heavy atom. The fraction of sp³-hybridized carbons (Fsp3) is 0.185. The van der Waals surface area contributed by atoms with Crippen LogP contribution in [-0.4, -0.2) is 9.97 Å². The topological polar surface area (TPSA) is 61.0 Å². The van der Waals surface area contributed by atoms with E-state index in [2.05, 4.69) is 41.2 Å². The molecule has 0 aliphatic heterocycles. The summed E-state index contributed by atoms with van der Waals surface area (Å²) >= 11 is 0. The van der Waals surface area contributed by atoms with Crippen molar-refractivity contribution in [1.29, 1.82) is 0 Å². The molecule has 0 atom stereocenters. The summed E-state index contributed by atoms with van der Waals surface area (Å²) < 4.78 is 6.22. The number of hydrogen-bond donors (Lipinski definition) is 1. The van der Waals surface area contributed by atoms with Gasteiger partial charge in [0.15, 0.2) is 0 Å². The van der Waals surface area contributed by atoms with Crippen LogP contribution in [0.15, 0.2) is 84.9 Å². The van der Waals surface area contributed by atoms with Crippen molar-refractivity contribution in [3.05, 3.63) is 96.1 Å². The maximum absolute atomic E-state index is 6.22. The molecule has 4 nitrogen and oxygen atoms in total. The molecule has 0 aliphatic carbocycles. The molecule has 0 spiro atoms. The molecule has 0 fully saturated rings. The summed E-state index contributed by atoms with van der Waals surface area (Å²) in [5.74, 6) is 1.06. The summed E-state index contributed by atoms with van der Waals surface area (Å²) in [6.45, 7) is 2.69. The minimum absolute atomic E-state index is 0.270. The summed E-state index contributed by atoms with van der Waals surface area (Å²) in [6, 6.07) is 28.4. The van der Waals surface area contributed by atoms with E-state index in [4.69, 9.17) is 10.5 Å². The summed E-state index contributed by atoms with van der Waals surface area (Å²) in [4.78, 5) is 9.32. The number of rotatable bonds is 8. The Morgan fingerprint density at radius 1 is 0.774 bits per heavy atom. The predicted molar refractivity (Wildman–Crippen MR) is 127 cm³/mol. The Hall–Kier alpha value is -3.66. The van der Waals surface area contributed by atoms with Gasteiger partial charge in [0.1, 0.15) is 12.4 Å². The van der Waals surface area contributed by atoms with Crippen molar-refractivity contribution in [2.45, 2.75) is 32.8 Å². The van der Waals surface area contributed by atoms with Crippen LogP contribution in [0, 0.1) is 0 Å². The van der Waals surface area contributed by atoms with Crippen molar-refractivity contribution in [3.8, 4) is 28.3 Å². The lowest BCUT2D eigenvalue weighted by atomic mass is 9.96. The first kappa shape index (κ1) is 20.6. The Kier molecular flexibility index (Phi) is 6.58. The van der Waals surface area contributed by atoms with E-state index in [1.54, 1.807) is 0 Å². The van der Waals surface area contributed by atoms with E-state index in [0.29, 0.717) is 6.61 Å². The van der Waals surface area contributed by atoms with Crippen LogP contribution >= 0.6 is 0 Å². The molecule has 31 heavy (non-hydrogen) atoms. The maximum atomic E-state index is 6.22. The molecule has 4 heteroatoms. The third-order valence-corrected chi connectivity index (χ3v) is 5.23. The highest BCUT2D eigenvalue weighted by molar-refractivity contribution is 5.78. The minimum atomic E-state index is 0.270. The number of nitrogens with two attached hydrogens (primary N) is 1. The standard InChI is InChI=1S/C27H27N3O/c1-2-3-16-23-25(21-14-8-5-9-15-21)29-27(28)30-26(23)22-17-10-11-18-24(22)31-19-20-12-6-4-7-13-20/h4-15,17-18H,2-3,16,19H2,1H3,(H2,28,29,30). The number of unbranched alkanes of at least 4 members (excludes halogenated alkanes) is 1. The molecule has 4 aromatic rings. The molecule has 1 heterocycles. The number of benzene rings is 3. The smallest absolute Gasteiger partial charge is 0.221 e. The van der Waals surface area contributed by atoms with E-state index in [0.717, 1.165) is 58.7 Å². The number of ether oxygens (including phenoxy) is 1. The number of para-hydroxylation sites is 1. The van der Waals surface area contributed by atoms with Gasteiger partial charge in [-0.25, -0.2) is 9.97 Å². The second-order valence-corrected chi connectivity index (χ2v) is 7.50. The second-order valence-electron chi connectivity index (χ2n) is 7.50. The van der Waals surface area contributed by atoms with Crippen molar-refractivity contribution in [3.63, 3.8) is 0 Å². The fourth-order valence-corrected chi connectivity index (χ4v) is 3.67. The van der Waals surface area contributed by atoms with Crippen LogP contribution in [0.2, 0.25) is 0 Å². The van der Waals surface area contributed by atoms with E-state index in [9.17, 15) is 0 Å². The predicted octanol–water partition coefficient (Wildman–Crippen LogP) is 6.31. The average Bonchev–Trinajstić information content (AvgIpc) is 2.83. The second kappa shape index (κ2) is 9.90. The Labute approximate surface area is 183 Å². The molecule has 0 bridgehead atoms. The van der Waals surface area contributed by atoms with Gasteiger partial charge < -0.3 is 10.5 Å². The van der Waals surface area contributed by atoms with Crippen molar-refractivity contribution in [2.75, 3.05) is 5.73 Å². The summed E-state index contributed by atoms with van der Waals surface area (Å²) in [7, 11) is 0. The molecule has 0 saturated carbocycles. The monoisotopic (exact) mass is 409 g/mol. The number of nitrogen functional groups attached to an aromatic ring is 1. The van der Waals surface area contributed by atoms with Gasteiger partial charge in [0.2, 0.25) is 5.95 Å². The van der Waals surface area contributed by atoms with E-state index < -0.39 is 0 Å². The van der Waals surface area contributed by atoms with Crippen molar-refractivity contribution < 1.29 is 4.74 Å². The molecule has 4 rings (SSSR count). The first-order valence-corrected chi connectivity index (χ1v) is 10.7. The quantitative estimate of drug-likeness (QED) is 0.370. The molecule has 0 amide bonds. The normalized spacial score (nSPS) is 10.7. The van der Waals surface area contributed by atoms with Gasteiger partial charge >= 0.3 is 0 Å². The van der Waals surface area contributed by atoms with E-state index in [-0.39, 0.29) is 5.95 Å². The van der Waals surface area contributed by atoms with Gasteiger partial charge in [0.05, 0.1) is 11.4 Å². The highest BCUT2D eigenvalue weighted by atomic mass is 16.5. The van der Waals surface area contributed by atoms with Crippen LogP contribution in [-0.2, 0) is 13.0 Å². The molecule has 1 aromatic heterocycles.